The lowest BCUT2D eigenvalue weighted by Gasteiger charge is -2.04. The minimum absolute atomic E-state index is 0.175. The van der Waals surface area contributed by atoms with Gasteiger partial charge in [0.15, 0.2) is 0 Å². The van der Waals surface area contributed by atoms with E-state index in [1.54, 1.807) is 24.3 Å². The van der Waals surface area contributed by atoms with Crippen LogP contribution in [0.3, 0.4) is 0 Å². The number of aryl methyl sites for hydroxylation is 1. The van der Waals surface area contributed by atoms with Crippen molar-refractivity contribution >= 4 is 28.8 Å². The summed E-state index contributed by atoms with van der Waals surface area (Å²) in [5, 5.41) is 14.3. The molecule has 0 atom stereocenters. The molecule has 1 heterocycles. The Morgan fingerprint density at radius 2 is 2.06 bits per heavy atom. The van der Waals surface area contributed by atoms with Gasteiger partial charge in [-0.3, -0.25) is 4.79 Å². The molecule has 5 heteroatoms. The summed E-state index contributed by atoms with van der Waals surface area (Å²) in [6.07, 6.45) is 0. The maximum absolute atomic E-state index is 11.9. The zero-order chi connectivity index (χ0) is 13.1. The SMILES string of the molecule is Cc1csc(C(=O)NCc2ccc(O)cc2)c1Cl. The molecule has 0 saturated carbocycles. The molecule has 1 aromatic carbocycles. The summed E-state index contributed by atoms with van der Waals surface area (Å²) in [5.74, 6) is 0.0353. The maximum atomic E-state index is 11.9. The number of aromatic hydroxyl groups is 1. The molecule has 2 rings (SSSR count). The predicted octanol–water partition coefficient (Wildman–Crippen LogP) is 3.35. The molecule has 0 bridgehead atoms. The predicted molar refractivity (Wildman–Crippen MR) is 73.3 cm³/mol. The molecule has 1 amide bonds. The van der Waals surface area contributed by atoms with Gasteiger partial charge in [0, 0.05) is 6.54 Å². The molecule has 94 valence electrons. The molecule has 0 saturated heterocycles. The van der Waals surface area contributed by atoms with Gasteiger partial charge in [-0.2, -0.15) is 0 Å². The number of hydrogen-bond donors (Lipinski definition) is 2. The molecule has 0 aliphatic rings. The Balaban J connectivity index is 2.00. The highest BCUT2D eigenvalue weighted by Crippen LogP contribution is 2.26. The van der Waals surface area contributed by atoms with Crippen molar-refractivity contribution in [1.29, 1.82) is 0 Å². The highest BCUT2D eigenvalue weighted by atomic mass is 35.5. The lowest BCUT2D eigenvalue weighted by molar-refractivity contribution is 0.0955. The molecule has 18 heavy (non-hydrogen) atoms. The first-order valence-corrected chi connectivity index (χ1v) is 6.63. The summed E-state index contributed by atoms with van der Waals surface area (Å²) >= 11 is 7.36. The highest BCUT2D eigenvalue weighted by molar-refractivity contribution is 7.13. The third kappa shape index (κ3) is 2.83. The number of phenolic OH excluding ortho intramolecular Hbond substituents is 1. The van der Waals surface area contributed by atoms with Gasteiger partial charge in [-0.1, -0.05) is 23.7 Å². The zero-order valence-corrected chi connectivity index (χ0v) is 11.3. The molecule has 0 aliphatic heterocycles. The van der Waals surface area contributed by atoms with Gasteiger partial charge < -0.3 is 10.4 Å². The smallest absolute Gasteiger partial charge is 0.263 e. The van der Waals surface area contributed by atoms with Crippen LogP contribution in [0.25, 0.3) is 0 Å². The third-order valence-corrected chi connectivity index (χ3v) is 4.19. The van der Waals surface area contributed by atoms with Crippen LogP contribution in [0.15, 0.2) is 29.6 Å². The number of benzene rings is 1. The molecule has 0 unspecified atom stereocenters. The Morgan fingerprint density at radius 1 is 1.39 bits per heavy atom. The summed E-state index contributed by atoms with van der Waals surface area (Å²) in [4.78, 5) is 12.4. The normalized spacial score (nSPS) is 10.3. The highest BCUT2D eigenvalue weighted by Gasteiger charge is 2.13. The first kappa shape index (κ1) is 12.9. The number of hydrogen-bond acceptors (Lipinski definition) is 3. The van der Waals surface area contributed by atoms with Crippen LogP contribution in [0.5, 0.6) is 5.75 Å². The van der Waals surface area contributed by atoms with Crippen LogP contribution in [0.1, 0.15) is 20.8 Å². The first-order chi connectivity index (χ1) is 8.58. The van der Waals surface area contributed by atoms with E-state index in [1.807, 2.05) is 12.3 Å². The van der Waals surface area contributed by atoms with Gasteiger partial charge in [0.2, 0.25) is 0 Å². The lowest BCUT2D eigenvalue weighted by atomic mass is 10.2. The van der Waals surface area contributed by atoms with Gasteiger partial charge in [-0.05, 0) is 35.6 Å². The number of carbonyl (C=O) groups excluding carboxylic acids is 1. The zero-order valence-electron chi connectivity index (χ0n) is 9.74. The number of rotatable bonds is 3. The molecule has 0 spiro atoms. The van der Waals surface area contributed by atoms with E-state index in [1.165, 1.54) is 11.3 Å². The van der Waals surface area contributed by atoms with Crippen LogP contribution in [0.4, 0.5) is 0 Å². The van der Waals surface area contributed by atoms with E-state index in [-0.39, 0.29) is 11.7 Å². The standard InChI is InChI=1S/C13H12ClNO2S/c1-8-7-18-12(11(8)14)13(17)15-6-9-2-4-10(16)5-3-9/h2-5,7,16H,6H2,1H3,(H,15,17). The van der Waals surface area contributed by atoms with Crippen molar-refractivity contribution in [2.75, 3.05) is 0 Å². The Kier molecular flexibility index (Phi) is 3.89. The van der Waals surface area contributed by atoms with Crippen LogP contribution in [-0.4, -0.2) is 11.0 Å². The minimum atomic E-state index is -0.175. The van der Waals surface area contributed by atoms with Gasteiger partial charge in [0.1, 0.15) is 10.6 Å². The van der Waals surface area contributed by atoms with Gasteiger partial charge in [0.25, 0.3) is 5.91 Å². The number of amides is 1. The summed E-state index contributed by atoms with van der Waals surface area (Å²) < 4.78 is 0. The van der Waals surface area contributed by atoms with Gasteiger partial charge >= 0.3 is 0 Å². The Morgan fingerprint density at radius 3 is 2.61 bits per heavy atom. The monoisotopic (exact) mass is 281 g/mol. The second kappa shape index (κ2) is 5.42. The summed E-state index contributed by atoms with van der Waals surface area (Å²) in [6.45, 7) is 2.28. The van der Waals surface area contributed by atoms with Crippen LogP contribution in [-0.2, 0) is 6.54 Å². The van der Waals surface area contributed by atoms with Crippen LogP contribution in [0, 0.1) is 6.92 Å². The van der Waals surface area contributed by atoms with E-state index in [4.69, 9.17) is 16.7 Å². The van der Waals surface area contributed by atoms with E-state index in [9.17, 15) is 4.79 Å². The molecule has 1 aromatic heterocycles. The summed E-state index contributed by atoms with van der Waals surface area (Å²) in [5.41, 5.74) is 1.84. The van der Waals surface area contributed by atoms with Crippen LogP contribution >= 0.6 is 22.9 Å². The van der Waals surface area contributed by atoms with Crippen molar-refractivity contribution in [2.45, 2.75) is 13.5 Å². The van der Waals surface area contributed by atoms with Gasteiger partial charge in [0.05, 0.1) is 5.02 Å². The number of nitrogens with one attached hydrogen (secondary N) is 1. The molecule has 0 aliphatic carbocycles. The lowest BCUT2D eigenvalue weighted by Crippen LogP contribution is -2.22. The van der Waals surface area contributed by atoms with Crippen molar-refractivity contribution in [3.8, 4) is 5.75 Å². The number of carbonyl (C=O) groups is 1. The molecule has 0 radical (unpaired) electrons. The Labute approximate surface area is 114 Å². The Hall–Kier alpha value is -1.52. The molecule has 0 fully saturated rings. The van der Waals surface area contributed by atoms with Gasteiger partial charge in [-0.25, -0.2) is 0 Å². The second-order valence-corrected chi connectivity index (χ2v) is 5.17. The minimum Gasteiger partial charge on any atom is -0.508 e. The van der Waals surface area contributed by atoms with E-state index in [2.05, 4.69) is 5.32 Å². The topological polar surface area (TPSA) is 49.3 Å². The molecule has 3 nitrogen and oxygen atoms in total. The number of halogens is 1. The van der Waals surface area contributed by atoms with Crippen molar-refractivity contribution < 1.29 is 9.90 Å². The van der Waals surface area contributed by atoms with Crippen LogP contribution in [0.2, 0.25) is 5.02 Å². The quantitative estimate of drug-likeness (QED) is 0.906. The second-order valence-electron chi connectivity index (χ2n) is 3.91. The number of thiophene rings is 1. The van der Waals surface area contributed by atoms with Crippen molar-refractivity contribution in [3.63, 3.8) is 0 Å². The van der Waals surface area contributed by atoms with E-state index in [0.29, 0.717) is 16.4 Å². The van der Waals surface area contributed by atoms with Crippen LogP contribution < -0.4 is 5.32 Å². The van der Waals surface area contributed by atoms with Crippen molar-refractivity contribution in [1.82, 2.24) is 5.32 Å². The summed E-state index contributed by atoms with van der Waals surface area (Å²) in [7, 11) is 0. The first-order valence-electron chi connectivity index (χ1n) is 5.37. The molecule has 2 aromatic rings. The van der Waals surface area contributed by atoms with Gasteiger partial charge in [-0.15, -0.1) is 11.3 Å². The fourth-order valence-corrected chi connectivity index (χ4v) is 2.65. The average Bonchev–Trinajstić information content (AvgIpc) is 2.69. The van der Waals surface area contributed by atoms with E-state index in [0.717, 1.165) is 11.1 Å². The van der Waals surface area contributed by atoms with E-state index >= 15 is 0 Å². The fourth-order valence-electron chi connectivity index (χ4n) is 1.46. The maximum Gasteiger partial charge on any atom is 0.263 e. The average molecular weight is 282 g/mol. The Bertz CT molecular complexity index is 563. The fraction of sp³-hybridized carbons (Fsp3) is 0.154. The number of phenols is 1. The van der Waals surface area contributed by atoms with Crippen molar-refractivity contribution in [3.05, 3.63) is 50.7 Å². The van der Waals surface area contributed by atoms with Crippen molar-refractivity contribution in [2.24, 2.45) is 0 Å². The largest absolute Gasteiger partial charge is 0.508 e. The third-order valence-electron chi connectivity index (χ3n) is 2.49. The summed E-state index contributed by atoms with van der Waals surface area (Å²) in [6, 6.07) is 6.70. The van der Waals surface area contributed by atoms with E-state index < -0.39 is 0 Å². The molecular weight excluding hydrogens is 270 g/mol. The molecule has 2 N–H and O–H groups in total. The molecular formula is C13H12ClNO2S.